The molecule has 4 heteroatoms. The lowest BCUT2D eigenvalue weighted by Gasteiger charge is -2.26. The number of amides is 2. The quantitative estimate of drug-likeness (QED) is 0.905. The number of rotatable bonds is 4. The van der Waals surface area contributed by atoms with E-state index in [4.69, 9.17) is 0 Å². The van der Waals surface area contributed by atoms with E-state index in [0.717, 1.165) is 25.8 Å². The largest absolute Gasteiger partial charge is 0.335 e. The number of likely N-dealkylation sites (N-methyl/N-ethyl adjacent to an activating group) is 1. The van der Waals surface area contributed by atoms with Crippen LogP contribution in [0.5, 0.6) is 0 Å². The summed E-state index contributed by atoms with van der Waals surface area (Å²) in [6, 6.07) is 4.42. The standard InChI is InChI=1S/C15H23N3O/c1-18(12-9-13-7-10-16-11-8-13)15(19)17-14-5-3-2-4-6-14/h7-8,10-11,14H,2-6,9,12H2,1H3,(H,17,19). The summed E-state index contributed by atoms with van der Waals surface area (Å²) in [5.41, 5.74) is 1.22. The molecule has 0 aliphatic heterocycles. The van der Waals surface area contributed by atoms with Gasteiger partial charge in [-0.25, -0.2) is 4.79 Å². The number of nitrogens with one attached hydrogen (secondary N) is 1. The van der Waals surface area contributed by atoms with Crippen molar-refractivity contribution in [3.63, 3.8) is 0 Å². The lowest BCUT2D eigenvalue weighted by molar-refractivity contribution is 0.201. The molecular formula is C15H23N3O. The number of urea groups is 1. The predicted molar refractivity (Wildman–Crippen MR) is 76.0 cm³/mol. The average Bonchev–Trinajstić information content (AvgIpc) is 2.47. The molecule has 19 heavy (non-hydrogen) atoms. The molecular weight excluding hydrogens is 238 g/mol. The Morgan fingerprint density at radius 1 is 1.32 bits per heavy atom. The zero-order valence-corrected chi connectivity index (χ0v) is 11.6. The zero-order chi connectivity index (χ0) is 13.5. The van der Waals surface area contributed by atoms with Crippen LogP contribution < -0.4 is 5.32 Å². The lowest BCUT2D eigenvalue weighted by atomic mass is 9.96. The smallest absolute Gasteiger partial charge is 0.317 e. The summed E-state index contributed by atoms with van der Waals surface area (Å²) in [4.78, 5) is 17.8. The molecule has 4 nitrogen and oxygen atoms in total. The zero-order valence-electron chi connectivity index (χ0n) is 11.6. The number of aromatic nitrogens is 1. The molecule has 0 aromatic carbocycles. The maximum absolute atomic E-state index is 12.0. The van der Waals surface area contributed by atoms with Gasteiger partial charge in [-0.3, -0.25) is 4.98 Å². The molecule has 1 aliphatic rings. The fourth-order valence-electron chi connectivity index (χ4n) is 2.48. The van der Waals surface area contributed by atoms with Gasteiger partial charge in [-0.05, 0) is 37.0 Å². The predicted octanol–water partition coefficient (Wildman–Crippen LogP) is 2.60. The molecule has 2 amide bonds. The first-order valence-corrected chi connectivity index (χ1v) is 7.16. The van der Waals surface area contributed by atoms with Gasteiger partial charge in [0.2, 0.25) is 0 Å². The fourth-order valence-corrected chi connectivity index (χ4v) is 2.48. The molecule has 0 bridgehead atoms. The van der Waals surface area contributed by atoms with E-state index in [1.165, 1.54) is 24.8 Å². The minimum atomic E-state index is 0.0564. The molecule has 0 saturated heterocycles. The van der Waals surface area contributed by atoms with E-state index in [1.54, 1.807) is 17.3 Å². The number of hydrogen-bond acceptors (Lipinski definition) is 2. The first-order valence-electron chi connectivity index (χ1n) is 7.16. The van der Waals surface area contributed by atoms with Gasteiger partial charge in [0.05, 0.1) is 0 Å². The third kappa shape index (κ3) is 4.54. The molecule has 1 heterocycles. The van der Waals surface area contributed by atoms with E-state index in [0.29, 0.717) is 6.04 Å². The maximum Gasteiger partial charge on any atom is 0.317 e. The highest BCUT2D eigenvalue weighted by Gasteiger charge is 2.17. The van der Waals surface area contributed by atoms with E-state index in [2.05, 4.69) is 10.3 Å². The van der Waals surface area contributed by atoms with Crippen molar-refractivity contribution in [1.29, 1.82) is 0 Å². The highest BCUT2D eigenvalue weighted by atomic mass is 16.2. The molecule has 2 rings (SSSR count). The van der Waals surface area contributed by atoms with Crippen molar-refractivity contribution in [1.82, 2.24) is 15.2 Å². The van der Waals surface area contributed by atoms with Crippen LogP contribution in [-0.4, -0.2) is 35.5 Å². The molecule has 0 spiro atoms. The minimum Gasteiger partial charge on any atom is -0.335 e. The topological polar surface area (TPSA) is 45.2 Å². The summed E-state index contributed by atoms with van der Waals surface area (Å²) in [5, 5.41) is 3.13. The van der Waals surface area contributed by atoms with Gasteiger partial charge < -0.3 is 10.2 Å². The Morgan fingerprint density at radius 2 is 2.00 bits per heavy atom. The van der Waals surface area contributed by atoms with Gasteiger partial charge in [0.1, 0.15) is 0 Å². The lowest BCUT2D eigenvalue weighted by Crippen LogP contribution is -2.44. The van der Waals surface area contributed by atoms with Gasteiger partial charge in [-0.2, -0.15) is 0 Å². The summed E-state index contributed by atoms with van der Waals surface area (Å²) >= 11 is 0. The molecule has 1 aromatic rings. The Morgan fingerprint density at radius 3 is 2.68 bits per heavy atom. The number of carbonyl (C=O) groups is 1. The van der Waals surface area contributed by atoms with Crippen LogP contribution >= 0.6 is 0 Å². The maximum atomic E-state index is 12.0. The highest BCUT2D eigenvalue weighted by molar-refractivity contribution is 5.74. The van der Waals surface area contributed by atoms with E-state index in [1.807, 2.05) is 19.2 Å². The van der Waals surface area contributed by atoms with Gasteiger partial charge in [-0.15, -0.1) is 0 Å². The van der Waals surface area contributed by atoms with E-state index in [9.17, 15) is 4.79 Å². The van der Waals surface area contributed by atoms with Gasteiger partial charge in [0.15, 0.2) is 0 Å². The second-order valence-corrected chi connectivity index (χ2v) is 5.31. The van der Waals surface area contributed by atoms with Crippen LogP contribution in [0, 0.1) is 0 Å². The molecule has 1 fully saturated rings. The molecule has 1 saturated carbocycles. The Hall–Kier alpha value is -1.58. The number of nitrogens with zero attached hydrogens (tertiary/aromatic N) is 2. The monoisotopic (exact) mass is 261 g/mol. The SMILES string of the molecule is CN(CCc1ccncc1)C(=O)NC1CCCCC1. The van der Waals surface area contributed by atoms with E-state index in [-0.39, 0.29) is 6.03 Å². The third-order valence-corrected chi connectivity index (χ3v) is 3.76. The van der Waals surface area contributed by atoms with Crippen LogP contribution in [0.25, 0.3) is 0 Å². The van der Waals surface area contributed by atoms with E-state index < -0.39 is 0 Å². The van der Waals surface area contributed by atoms with Crippen LogP contribution in [0.3, 0.4) is 0 Å². The second-order valence-electron chi connectivity index (χ2n) is 5.31. The van der Waals surface area contributed by atoms with Crippen molar-refractivity contribution in [2.45, 2.75) is 44.6 Å². The van der Waals surface area contributed by atoms with Crippen molar-refractivity contribution in [3.05, 3.63) is 30.1 Å². The molecule has 104 valence electrons. The van der Waals surface area contributed by atoms with Crippen molar-refractivity contribution in [2.24, 2.45) is 0 Å². The number of carbonyl (C=O) groups excluding carboxylic acids is 1. The van der Waals surface area contributed by atoms with Gasteiger partial charge in [0, 0.05) is 32.0 Å². The molecule has 1 aromatic heterocycles. The van der Waals surface area contributed by atoms with E-state index >= 15 is 0 Å². The van der Waals surface area contributed by atoms with Crippen molar-refractivity contribution in [2.75, 3.05) is 13.6 Å². The Kier molecular flexibility index (Phi) is 5.19. The van der Waals surface area contributed by atoms with Gasteiger partial charge >= 0.3 is 6.03 Å². The summed E-state index contributed by atoms with van der Waals surface area (Å²) in [6.45, 7) is 0.739. The summed E-state index contributed by atoms with van der Waals surface area (Å²) in [6.07, 6.45) is 10.5. The van der Waals surface area contributed by atoms with Crippen LogP contribution in [0.1, 0.15) is 37.7 Å². The first kappa shape index (κ1) is 13.8. The van der Waals surface area contributed by atoms with Crippen LogP contribution in [-0.2, 0) is 6.42 Å². The summed E-state index contributed by atoms with van der Waals surface area (Å²) in [5.74, 6) is 0. The average molecular weight is 261 g/mol. The molecule has 1 aliphatic carbocycles. The van der Waals surface area contributed by atoms with Crippen LogP contribution in [0.15, 0.2) is 24.5 Å². The van der Waals surface area contributed by atoms with Crippen molar-refractivity contribution < 1.29 is 4.79 Å². The van der Waals surface area contributed by atoms with Crippen LogP contribution in [0.4, 0.5) is 4.79 Å². The van der Waals surface area contributed by atoms with Gasteiger partial charge in [-0.1, -0.05) is 19.3 Å². The highest BCUT2D eigenvalue weighted by Crippen LogP contribution is 2.17. The van der Waals surface area contributed by atoms with Crippen molar-refractivity contribution >= 4 is 6.03 Å². The summed E-state index contributed by atoms with van der Waals surface area (Å²) in [7, 11) is 1.86. The minimum absolute atomic E-state index is 0.0564. The second kappa shape index (κ2) is 7.12. The number of hydrogen-bond donors (Lipinski definition) is 1. The molecule has 1 N–H and O–H groups in total. The third-order valence-electron chi connectivity index (χ3n) is 3.76. The Balaban J connectivity index is 1.72. The van der Waals surface area contributed by atoms with Crippen molar-refractivity contribution in [3.8, 4) is 0 Å². The number of pyridine rings is 1. The summed E-state index contributed by atoms with van der Waals surface area (Å²) < 4.78 is 0. The fraction of sp³-hybridized carbons (Fsp3) is 0.600. The molecule has 0 unspecified atom stereocenters. The first-order chi connectivity index (χ1) is 9.25. The Bertz CT molecular complexity index is 388. The Labute approximate surface area is 115 Å². The van der Waals surface area contributed by atoms with Crippen LogP contribution in [0.2, 0.25) is 0 Å². The molecule has 0 atom stereocenters. The molecule has 0 radical (unpaired) electrons. The van der Waals surface area contributed by atoms with Gasteiger partial charge in [0.25, 0.3) is 0 Å². The normalized spacial score (nSPS) is 16.1.